The molecule has 0 spiro atoms. The van der Waals surface area contributed by atoms with Crippen LogP contribution in [0.2, 0.25) is 0 Å². The van der Waals surface area contributed by atoms with E-state index in [1.165, 1.54) is 29.9 Å². The van der Waals surface area contributed by atoms with Crippen molar-refractivity contribution in [1.82, 2.24) is 19.7 Å². The van der Waals surface area contributed by atoms with E-state index in [1.54, 1.807) is 7.05 Å². The minimum atomic E-state index is -0.754. The zero-order valence-corrected chi connectivity index (χ0v) is 12.8. The first-order chi connectivity index (χ1) is 11.6. The van der Waals surface area contributed by atoms with Gasteiger partial charge in [-0.1, -0.05) is 6.07 Å². The number of pyridine rings is 1. The number of hydrogen-bond donors (Lipinski definition) is 0. The summed E-state index contributed by atoms with van der Waals surface area (Å²) in [6.07, 6.45) is 0. The fourth-order valence-corrected chi connectivity index (χ4v) is 2.28. The van der Waals surface area contributed by atoms with Gasteiger partial charge < -0.3 is 9.30 Å². The van der Waals surface area contributed by atoms with Gasteiger partial charge in [0.05, 0.1) is 18.2 Å². The molecule has 3 aromatic rings. The second kappa shape index (κ2) is 6.04. The molecule has 3 rings (SSSR count). The Kier molecular flexibility index (Phi) is 3.92. The van der Waals surface area contributed by atoms with Crippen molar-refractivity contribution in [3.63, 3.8) is 0 Å². The third kappa shape index (κ3) is 2.46. The van der Waals surface area contributed by atoms with Crippen molar-refractivity contribution in [2.75, 3.05) is 7.11 Å². The van der Waals surface area contributed by atoms with E-state index in [2.05, 4.69) is 15.2 Å². The van der Waals surface area contributed by atoms with Gasteiger partial charge in [0.25, 0.3) is 0 Å². The van der Waals surface area contributed by atoms with Gasteiger partial charge in [0.2, 0.25) is 5.88 Å². The first-order valence-electron chi connectivity index (χ1n) is 6.86. The quantitative estimate of drug-likeness (QED) is 0.739. The van der Waals surface area contributed by atoms with Crippen LogP contribution in [0.15, 0.2) is 30.3 Å². The van der Waals surface area contributed by atoms with Crippen molar-refractivity contribution < 1.29 is 13.5 Å². The molecular formula is C16H11F2N5O. The largest absolute Gasteiger partial charge is 0.481 e. The van der Waals surface area contributed by atoms with Crippen LogP contribution in [-0.2, 0) is 7.05 Å². The van der Waals surface area contributed by atoms with Crippen LogP contribution in [0, 0.1) is 23.0 Å². The predicted octanol–water partition coefficient (Wildman–Crippen LogP) is 2.70. The van der Waals surface area contributed by atoms with E-state index in [4.69, 9.17) is 4.74 Å². The molecule has 0 aliphatic carbocycles. The molecule has 0 saturated heterocycles. The second-order valence-electron chi connectivity index (χ2n) is 4.86. The predicted molar refractivity (Wildman–Crippen MR) is 80.9 cm³/mol. The molecule has 8 heteroatoms. The number of rotatable bonds is 3. The number of benzene rings is 1. The number of nitriles is 1. The fourth-order valence-electron chi connectivity index (χ4n) is 2.28. The second-order valence-corrected chi connectivity index (χ2v) is 4.86. The van der Waals surface area contributed by atoms with Crippen LogP contribution in [0.4, 0.5) is 8.78 Å². The minimum Gasteiger partial charge on any atom is -0.481 e. The van der Waals surface area contributed by atoms with Crippen molar-refractivity contribution in [3.05, 3.63) is 47.5 Å². The van der Waals surface area contributed by atoms with Crippen molar-refractivity contribution in [1.29, 1.82) is 5.26 Å². The first kappa shape index (κ1) is 15.6. The molecule has 2 heterocycles. The lowest BCUT2D eigenvalue weighted by Crippen LogP contribution is -2.02. The maximum Gasteiger partial charge on any atom is 0.213 e. The molecule has 0 N–H and O–H groups in total. The lowest BCUT2D eigenvalue weighted by atomic mass is 10.1. The Labute approximate surface area is 136 Å². The molecule has 0 saturated carbocycles. The SMILES string of the molecule is COc1ccc(C#N)c(-c2nnc(-c3c(F)cccc3F)n2C)n1. The molecule has 0 aliphatic heterocycles. The molecule has 120 valence electrons. The third-order valence-corrected chi connectivity index (χ3v) is 3.47. The third-order valence-electron chi connectivity index (χ3n) is 3.47. The normalized spacial score (nSPS) is 10.5. The highest BCUT2D eigenvalue weighted by Crippen LogP contribution is 2.28. The summed E-state index contributed by atoms with van der Waals surface area (Å²) in [6, 6.07) is 8.60. The molecule has 24 heavy (non-hydrogen) atoms. The monoisotopic (exact) mass is 327 g/mol. The van der Waals surface area contributed by atoms with Crippen LogP contribution in [-0.4, -0.2) is 26.9 Å². The molecule has 0 aliphatic rings. The summed E-state index contributed by atoms with van der Waals surface area (Å²) in [7, 11) is 2.98. The van der Waals surface area contributed by atoms with Gasteiger partial charge in [0.1, 0.15) is 23.4 Å². The first-order valence-corrected chi connectivity index (χ1v) is 6.86. The van der Waals surface area contributed by atoms with E-state index >= 15 is 0 Å². The average molecular weight is 327 g/mol. The van der Waals surface area contributed by atoms with E-state index < -0.39 is 11.6 Å². The maximum absolute atomic E-state index is 14.0. The highest BCUT2D eigenvalue weighted by Gasteiger charge is 2.21. The molecular weight excluding hydrogens is 316 g/mol. The Hall–Kier alpha value is -3.34. The van der Waals surface area contributed by atoms with Gasteiger partial charge >= 0.3 is 0 Å². The number of methoxy groups -OCH3 is 1. The average Bonchev–Trinajstić information content (AvgIpc) is 2.95. The molecule has 0 bridgehead atoms. The Morgan fingerprint density at radius 2 is 1.75 bits per heavy atom. The highest BCUT2D eigenvalue weighted by atomic mass is 19.1. The van der Waals surface area contributed by atoms with E-state index in [-0.39, 0.29) is 34.3 Å². The van der Waals surface area contributed by atoms with Gasteiger partial charge in [-0.05, 0) is 18.2 Å². The lowest BCUT2D eigenvalue weighted by molar-refractivity contribution is 0.398. The van der Waals surface area contributed by atoms with Crippen LogP contribution >= 0.6 is 0 Å². The summed E-state index contributed by atoms with van der Waals surface area (Å²) >= 11 is 0. The topological polar surface area (TPSA) is 76.6 Å². The zero-order chi connectivity index (χ0) is 17.3. The fraction of sp³-hybridized carbons (Fsp3) is 0.125. The molecule has 0 unspecified atom stereocenters. The van der Waals surface area contributed by atoms with Crippen LogP contribution < -0.4 is 4.74 Å². The van der Waals surface area contributed by atoms with Crippen molar-refractivity contribution >= 4 is 0 Å². The van der Waals surface area contributed by atoms with Crippen LogP contribution in [0.25, 0.3) is 22.9 Å². The molecule has 0 atom stereocenters. The minimum absolute atomic E-state index is 0.00545. The Bertz CT molecular complexity index is 941. The number of hydrogen-bond acceptors (Lipinski definition) is 5. The van der Waals surface area contributed by atoms with E-state index in [9.17, 15) is 14.0 Å². The summed E-state index contributed by atoms with van der Waals surface area (Å²) in [4.78, 5) is 4.19. The number of ether oxygens (including phenoxy) is 1. The molecule has 0 amide bonds. The highest BCUT2D eigenvalue weighted by molar-refractivity contribution is 5.65. The summed E-state index contributed by atoms with van der Waals surface area (Å²) in [5.74, 6) is -1.03. The van der Waals surface area contributed by atoms with Gasteiger partial charge in [-0.2, -0.15) is 5.26 Å². The molecule has 1 aromatic carbocycles. The van der Waals surface area contributed by atoms with E-state index in [0.29, 0.717) is 0 Å². The Balaban J connectivity index is 2.21. The standard InChI is InChI=1S/C16H11F2N5O/c1-23-15(13-10(17)4-3-5-11(13)18)21-22-16(23)14-9(8-19)6-7-12(20-14)24-2/h3-7H,1-2H3. The van der Waals surface area contributed by atoms with E-state index in [1.807, 2.05) is 6.07 Å². The molecule has 2 aromatic heterocycles. The number of nitrogens with zero attached hydrogens (tertiary/aromatic N) is 5. The van der Waals surface area contributed by atoms with Crippen LogP contribution in [0.1, 0.15) is 5.56 Å². The number of halogens is 2. The Morgan fingerprint density at radius 1 is 1.08 bits per heavy atom. The van der Waals surface area contributed by atoms with Crippen molar-refractivity contribution in [2.24, 2.45) is 7.05 Å². The van der Waals surface area contributed by atoms with Crippen LogP contribution in [0.3, 0.4) is 0 Å². The number of aromatic nitrogens is 4. The summed E-state index contributed by atoms with van der Waals surface area (Å²) < 4.78 is 34.4. The molecule has 6 nitrogen and oxygen atoms in total. The van der Waals surface area contributed by atoms with Crippen molar-refractivity contribution in [3.8, 4) is 34.9 Å². The van der Waals surface area contributed by atoms with Gasteiger partial charge in [-0.3, -0.25) is 0 Å². The molecule has 0 radical (unpaired) electrons. The van der Waals surface area contributed by atoms with Gasteiger partial charge in [-0.15, -0.1) is 10.2 Å². The maximum atomic E-state index is 14.0. The van der Waals surface area contributed by atoms with Gasteiger partial charge in [0, 0.05) is 13.1 Å². The Morgan fingerprint density at radius 3 is 2.38 bits per heavy atom. The van der Waals surface area contributed by atoms with Crippen molar-refractivity contribution in [2.45, 2.75) is 0 Å². The summed E-state index contributed by atoms with van der Waals surface area (Å²) in [5, 5.41) is 17.0. The van der Waals surface area contributed by atoms with E-state index in [0.717, 1.165) is 12.1 Å². The van der Waals surface area contributed by atoms with Crippen LogP contribution in [0.5, 0.6) is 5.88 Å². The molecule has 0 fully saturated rings. The van der Waals surface area contributed by atoms with Gasteiger partial charge in [0.15, 0.2) is 11.6 Å². The summed E-state index contributed by atoms with van der Waals surface area (Å²) in [5.41, 5.74) is 0.168. The lowest BCUT2D eigenvalue weighted by Gasteiger charge is -2.07. The summed E-state index contributed by atoms with van der Waals surface area (Å²) in [6.45, 7) is 0. The van der Waals surface area contributed by atoms with Gasteiger partial charge in [-0.25, -0.2) is 13.8 Å². The smallest absolute Gasteiger partial charge is 0.213 e. The zero-order valence-electron chi connectivity index (χ0n) is 12.8.